The highest BCUT2D eigenvalue weighted by Gasteiger charge is 2.54. The van der Waals surface area contributed by atoms with Gasteiger partial charge in [-0.3, -0.25) is 14.5 Å². The number of hydrogen-bond donors (Lipinski definition) is 4. The van der Waals surface area contributed by atoms with Crippen LogP contribution in [0.4, 0.5) is 5.95 Å². The minimum absolute atomic E-state index is 0.000836. The summed E-state index contributed by atoms with van der Waals surface area (Å²) in [5.41, 5.74) is 5.16. The van der Waals surface area contributed by atoms with E-state index >= 15 is 0 Å². The van der Waals surface area contributed by atoms with Gasteiger partial charge in [-0.05, 0) is 0 Å². The van der Waals surface area contributed by atoms with Crippen LogP contribution in [0.5, 0.6) is 0 Å². The Hall–Kier alpha value is -1.92. The van der Waals surface area contributed by atoms with Crippen molar-refractivity contribution in [3.05, 3.63) is 10.7 Å². The zero-order chi connectivity index (χ0) is 17.4. The Morgan fingerprint density at radius 1 is 1.58 bits per heavy atom. The Morgan fingerprint density at radius 2 is 2.33 bits per heavy atom. The number of hydrogen-bond acceptors (Lipinski definition) is 8. The molecular weight excluding hydrogens is 380 g/mol. The second-order valence-corrected chi connectivity index (χ2v) is 7.31. The van der Waals surface area contributed by atoms with E-state index in [2.05, 4.69) is 20.5 Å². The van der Waals surface area contributed by atoms with Crippen molar-refractivity contribution in [2.75, 3.05) is 17.2 Å². The minimum atomic E-state index is -1.26. The first-order chi connectivity index (χ1) is 11.4. The van der Waals surface area contributed by atoms with Gasteiger partial charge in [0.05, 0.1) is 10.8 Å². The summed E-state index contributed by atoms with van der Waals surface area (Å²) >= 11 is 8.23. The van der Waals surface area contributed by atoms with Crippen LogP contribution in [0.25, 0.3) is 0 Å². The summed E-state index contributed by atoms with van der Waals surface area (Å²) in [7, 11) is 0. The van der Waals surface area contributed by atoms with Gasteiger partial charge in [0, 0.05) is 5.75 Å². The van der Waals surface area contributed by atoms with E-state index in [0.29, 0.717) is 5.16 Å². The molecule has 1 aromatic heterocycles. The maximum atomic E-state index is 12.2. The van der Waals surface area contributed by atoms with Gasteiger partial charge in [0.25, 0.3) is 5.91 Å². The SMILES string of the molecule is Nc1nc(SCC(=O)N[C@@H]2C(=O)N3C(C(=O)O)=C(Cl)CS[C@H]23)n[nH]1. The number of β-lactam (4-membered cyclic amide) rings is 1. The lowest BCUT2D eigenvalue weighted by Gasteiger charge is -2.48. The molecule has 0 aliphatic carbocycles. The van der Waals surface area contributed by atoms with Crippen molar-refractivity contribution in [2.24, 2.45) is 0 Å². The summed E-state index contributed by atoms with van der Waals surface area (Å²) in [4.78, 5) is 40.3. The lowest BCUT2D eigenvalue weighted by molar-refractivity contribution is -0.150. The van der Waals surface area contributed by atoms with Gasteiger partial charge in [-0.25, -0.2) is 9.89 Å². The van der Waals surface area contributed by atoms with Crippen LogP contribution < -0.4 is 11.1 Å². The number of aromatic nitrogens is 3. The molecule has 1 aromatic rings. The summed E-state index contributed by atoms with van der Waals surface area (Å²) < 4.78 is 0. The Morgan fingerprint density at radius 3 is 2.96 bits per heavy atom. The highest BCUT2D eigenvalue weighted by Crippen LogP contribution is 2.41. The summed E-state index contributed by atoms with van der Waals surface area (Å²) in [5.74, 6) is -1.73. The number of carboxylic acid groups (broad SMARTS) is 1. The summed E-state index contributed by atoms with van der Waals surface area (Å²) in [6, 6.07) is -0.778. The summed E-state index contributed by atoms with van der Waals surface area (Å²) in [6.07, 6.45) is 0. The Balaban J connectivity index is 1.59. The third-order valence-electron chi connectivity index (χ3n) is 3.26. The van der Waals surface area contributed by atoms with Crippen LogP contribution in [0, 0.1) is 0 Å². The van der Waals surface area contributed by atoms with Crippen LogP contribution in [0.3, 0.4) is 0 Å². The van der Waals surface area contributed by atoms with E-state index in [1.807, 2.05) is 0 Å². The molecule has 0 unspecified atom stereocenters. The lowest BCUT2D eigenvalue weighted by atomic mass is 10.1. The number of aliphatic carboxylic acids is 1. The number of fused-ring (bicyclic) bond motifs is 1. The van der Waals surface area contributed by atoms with Crippen LogP contribution in [-0.4, -0.2) is 65.9 Å². The average molecular weight is 391 g/mol. The van der Waals surface area contributed by atoms with Gasteiger partial charge < -0.3 is 16.2 Å². The molecule has 0 radical (unpaired) electrons. The molecular formula is C11H11ClN6O4S2. The van der Waals surface area contributed by atoms with Crippen molar-refractivity contribution in [2.45, 2.75) is 16.6 Å². The predicted octanol–water partition coefficient (Wildman–Crippen LogP) is -0.586. The number of anilines is 1. The third-order valence-corrected chi connectivity index (χ3v) is 5.85. The number of halogens is 1. The fourth-order valence-electron chi connectivity index (χ4n) is 2.25. The van der Waals surface area contributed by atoms with Gasteiger partial charge in [-0.15, -0.1) is 16.9 Å². The number of carbonyl (C=O) groups is 3. The van der Waals surface area contributed by atoms with Crippen LogP contribution in [-0.2, 0) is 14.4 Å². The van der Waals surface area contributed by atoms with Gasteiger partial charge in [-0.2, -0.15) is 4.98 Å². The molecule has 2 amide bonds. The molecule has 13 heteroatoms. The van der Waals surface area contributed by atoms with Crippen molar-refractivity contribution in [3.8, 4) is 0 Å². The molecule has 0 saturated carbocycles. The molecule has 128 valence electrons. The number of nitrogen functional groups attached to an aromatic ring is 1. The average Bonchev–Trinajstić information content (AvgIpc) is 2.95. The van der Waals surface area contributed by atoms with Crippen LogP contribution >= 0.6 is 35.1 Å². The van der Waals surface area contributed by atoms with Crippen molar-refractivity contribution in [3.63, 3.8) is 0 Å². The van der Waals surface area contributed by atoms with Gasteiger partial charge in [0.2, 0.25) is 17.0 Å². The van der Waals surface area contributed by atoms with Gasteiger partial charge in [0.1, 0.15) is 17.1 Å². The molecule has 24 heavy (non-hydrogen) atoms. The highest BCUT2D eigenvalue weighted by molar-refractivity contribution is 8.00. The smallest absolute Gasteiger partial charge is 0.353 e. The van der Waals surface area contributed by atoms with E-state index in [1.165, 1.54) is 11.8 Å². The Kier molecular flexibility index (Phi) is 4.60. The quantitative estimate of drug-likeness (QED) is 0.381. The van der Waals surface area contributed by atoms with E-state index in [1.54, 1.807) is 0 Å². The van der Waals surface area contributed by atoms with Gasteiger partial charge in [-0.1, -0.05) is 23.4 Å². The van der Waals surface area contributed by atoms with Crippen LogP contribution in [0.1, 0.15) is 0 Å². The van der Waals surface area contributed by atoms with Crippen molar-refractivity contribution in [1.82, 2.24) is 25.4 Å². The summed E-state index contributed by atoms with van der Waals surface area (Å²) in [5, 5.41) is 17.9. The summed E-state index contributed by atoms with van der Waals surface area (Å²) in [6.45, 7) is 0. The topological polar surface area (TPSA) is 154 Å². The number of thioether (sulfide) groups is 2. The molecule has 2 aliphatic heterocycles. The molecule has 2 aliphatic rings. The van der Waals surface area contributed by atoms with Gasteiger partial charge >= 0.3 is 5.97 Å². The first-order valence-corrected chi connectivity index (χ1v) is 8.96. The van der Waals surface area contributed by atoms with E-state index in [-0.39, 0.29) is 34.1 Å². The number of carboxylic acids is 1. The first kappa shape index (κ1) is 16.9. The molecule has 2 atom stereocenters. The Labute approximate surface area is 148 Å². The number of rotatable bonds is 5. The monoisotopic (exact) mass is 390 g/mol. The minimum Gasteiger partial charge on any atom is -0.477 e. The predicted molar refractivity (Wildman–Crippen MR) is 87.1 cm³/mol. The van der Waals surface area contributed by atoms with Crippen molar-refractivity contribution in [1.29, 1.82) is 0 Å². The number of amides is 2. The Bertz CT molecular complexity index is 753. The number of nitrogens with zero attached hydrogens (tertiary/aromatic N) is 3. The molecule has 1 fully saturated rings. The third kappa shape index (κ3) is 3.03. The fraction of sp³-hybridized carbons (Fsp3) is 0.364. The largest absolute Gasteiger partial charge is 0.477 e. The molecule has 3 rings (SSSR count). The molecule has 0 spiro atoms. The van der Waals surface area contributed by atoms with Crippen LogP contribution in [0.2, 0.25) is 0 Å². The second kappa shape index (κ2) is 6.53. The number of nitrogens with one attached hydrogen (secondary N) is 2. The van der Waals surface area contributed by atoms with Crippen molar-refractivity contribution < 1.29 is 19.5 Å². The zero-order valence-electron chi connectivity index (χ0n) is 11.9. The van der Waals surface area contributed by atoms with Crippen LogP contribution in [0.15, 0.2) is 15.9 Å². The van der Waals surface area contributed by atoms with E-state index < -0.39 is 23.3 Å². The molecule has 3 heterocycles. The fourth-order valence-corrected chi connectivity index (χ4v) is 4.42. The number of aromatic amines is 1. The first-order valence-electron chi connectivity index (χ1n) is 6.55. The number of H-pyrrole nitrogens is 1. The van der Waals surface area contributed by atoms with E-state index in [0.717, 1.165) is 16.7 Å². The van der Waals surface area contributed by atoms with E-state index in [9.17, 15) is 14.4 Å². The standard InChI is InChI=1S/C11H11ClN6O4S2/c12-3-1-23-8-5(7(20)18(8)6(3)9(21)22)14-4(19)2-24-11-15-10(13)16-17-11/h5,8H,1-2H2,(H,14,19)(H,21,22)(H3,13,15,16,17)/t5-,8-/m1/s1. The molecule has 0 aromatic carbocycles. The molecule has 5 N–H and O–H groups in total. The lowest BCUT2D eigenvalue weighted by Crippen LogP contribution is -2.70. The molecule has 10 nitrogen and oxygen atoms in total. The molecule has 1 saturated heterocycles. The van der Waals surface area contributed by atoms with E-state index in [4.69, 9.17) is 22.4 Å². The zero-order valence-corrected chi connectivity index (χ0v) is 14.2. The number of nitrogens with two attached hydrogens (primary N) is 1. The van der Waals surface area contributed by atoms with Gasteiger partial charge in [0.15, 0.2) is 0 Å². The highest BCUT2D eigenvalue weighted by atomic mass is 35.5. The normalized spacial score (nSPS) is 22.9. The molecule has 0 bridgehead atoms. The maximum absolute atomic E-state index is 12.2. The maximum Gasteiger partial charge on any atom is 0.353 e. The second-order valence-electron chi connectivity index (χ2n) is 4.81. The number of carbonyl (C=O) groups excluding carboxylic acids is 2. The van der Waals surface area contributed by atoms with Crippen molar-refractivity contribution >= 4 is 58.9 Å².